The van der Waals surface area contributed by atoms with Gasteiger partial charge in [-0.1, -0.05) is 19.9 Å². The fraction of sp³-hybridized carbons (Fsp3) is 0.500. The van der Waals surface area contributed by atoms with Gasteiger partial charge in [0, 0.05) is 5.56 Å². The molecule has 1 aromatic rings. The van der Waals surface area contributed by atoms with Crippen molar-refractivity contribution in [2.45, 2.75) is 45.6 Å². The molecule has 0 aromatic heterocycles. The van der Waals surface area contributed by atoms with E-state index in [9.17, 15) is 9.59 Å². The Morgan fingerprint density at radius 1 is 1.15 bits per heavy atom. The fourth-order valence-corrected chi connectivity index (χ4v) is 2.61. The van der Waals surface area contributed by atoms with E-state index in [0.29, 0.717) is 5.56 Å². The zero-order valence-electron chi connectivity index (χ0n) is 12.0. The first-order valence-electron chi connectivity index (χ1n) is 7.14. The summed E-state index contributed by atoms with van der Waals surface area (Å²) in [5, 5.41) is 11.7. The lowest BCUT2D eigenvalue weighted by Crippen LogP contribution is -2.44. The number of amides is 1. The van der Waals surface area contributed by atoms with E-state index in [1.807, 2.05) is 12.1 Å². The molecule has 1 amide bonds. The zero-order valence-corrected chi connectivity index (χ0v) is 12.0. The molecule has 1 atom stereocenters. The second kappa shape index (κ2) is 6.07. The highest BCUT2D eigenvalue weighted by Crippen LogP contribution is 2.22. The molecule has 2 N–H and O–H groups in total. The van der Waals surface area contributed by atoms with Gasteiger partial charge in [-0.15, -0.1) is 0 Å². The van der Waals surface area contributed by atoms with Crippen LogP contribution in [0, 0.1) is 5.92 Å². The second-order valence-electron chi connectivity index (χ2n) is 5.72. The Hall–Kier alpha value is -1.84. The summed E-state index contributed by atoms with van der Waals surface area (Å²) < 4.78 is 0. The highest BCUT2D eigenvalue weighted by atomic mass is 16.4. The summed E-state index contributed by atoms with van der Waals surface area (Å²) in [6.45, 7) is 3.57. The lowest BCUT2D eigenvalue weighted by atomic mass is 9.90. The summed E-state index contributed by atoms with van der Waals surface area (Å²) in [5.41, 5.74) is 3.09. The highest BCUT2D eigenvalue weighted by Gasteiger charge is 2.24. The lowest BCUT2D eigenvalue weighted by Gasteiger charge is -2.19. The van der Waals surface area contributed by atoms with Gasteiger partial charge in [0.25, 0.3) is 5.91 Å². The number of benzene rings is 1. The van der Waals surface area contributed by atoms with Gasteiger partial charge in [-0.2, -0.15) is 0 Å². The first-order valence-corrected chi connectivity index (χ1v) is 7.14. The molecule has 0 bridgehead atoms. The van der Waals surface area contributed by atoms with E-state index in [4.69, 9.17) is 5.11 Å². The van der Waals surface area contributed by atoms with E-state index < -0.39 is 12.0 Å². The number of hydrogen-bond donors (Lipinski definition) is 2. The van der Waals surface area contributed by atoms with Gasteiger partial charge >= 0.3 is 5.97 Å². The number of aryl methyl sites for hydroxylation is 2. The average Bonchev–Trinajstić information content (AvgIpc) is 2.43. The third-order valence-electron chi connectivity index (χ3n) is 3.83. The third-order valence-corrected chi connectivity index (χ3v) is 3.83. The molecule has 0 heterocycles. The molecule has 1 aliphatic carbocycles. The van der Waals surface area contributed by atoms with Gasteiger partial charge in [-0.05, 0) is 54.9 Å². The van der Waals surface area contributed by atoms with Crippen LogP contribution in [0.15, 0.2) is 18.2 Å². The predicted octanol–water partition coefficient (Wildman–Crippen LogP) is 2.40. The molecule has 2 rings (SSSR count). The number of aliphatic carboxylic acids is 1. The SMILES string of the molecule is CC(C)[C@@H](NC(=O)c1ccc2c(c1)CCCC2)C(=O)O. The molecular formula is C16H21NO3. The molecule has 0 aliphatic heterocycles. The van der Waals surface area contributed by atoms with Gasteiger partial charge in [0.2, 0.25) is 0 Å². The standard InChI is InChI=1S/C16H21NO3/c1-10(2)14(16(19)20)17-15(18)13-8-7-11-5-3-4-6-12(11)9-13/h7-10,14H,3-6H2,1-2H3,(H,17,18)(H,19,20)/t14-/m1/s1. The maximum atomic E-state index is 12.2. The third kappa shape index (κ3) is 3.18. The van der Waals surface area contributed by atoms with Gasteiger partial charge < -0.3 is 10.4 Å². The number of hydrogen-bond acceptors (Lipinski definition) is 2. The number of carboxylic acid groups (broad SMARTS) is 1. The summed E-state index contributed by atoms with van der Waals surface area (Å²) in [7, 11) is 0. The van der Waals surface area contributed by atoms with Crippen molar-refractivity contribution in [2.24, 2.45) is 5.92 Å². The van der Waals surface area contributed by atoms with Crippen molar-refractivity contribution in [3.05, 3.63) is 34.9 Å². The topological polar surface area (TPSA) is 66.4 Å². The number of carbonyl (C=O) groups excluding carboxylic acids is 1. The van der Waals surface area contributed by atoms with Gasteiger partial charge in [-0.25, -0.2) is 4.79 Å². The van der Waals surface area contributed by atoms with Crippen LogP contribution in [0.4, 0.5) is 0 Å². The van der Waals surface area contributed by atoms with Crippen molar-refractivity contribution in [2.75, 3.05) is 0 Å². The van der Waals surface area contributed by atoms with Crippen LogP contribution < -0.4 is 5.32 Å². The maximum absolute atomic E-state index is 12.2. The minimum atomic E-state index is -0.994. The Morgan fingerprint density at radius 3 is 2.40 bits per heavy atom. The first-order chi connectivity index (χ1) is 9.49. The maximum Gasteiger partial charge on any atom is 0.326 e. The molecule has 20 heavy (non-hydrogen) atoms. The molecule has 1 aliphatic rings. The molecule has 0 radical (unpaired) electrons. The van der Waals surface area contributed by atoms with Crippen LogP contribution in [0.2, 0.25) is 0 Å². The molecule has 4 nitrogen and oxygen atoms in total. The molecule has 1 aromatic carbocycles. The minimum absolute atomic E-state index is 0.144. The normalized spacial score (nSPS) is 15.6. The summed E-state index contributed by atoms with van der Waals surface area (Å²) in [6.07, 6.45) is 4.43. The molecule has 0 saturated heterocycles. The molecule has 0 unspecified atom stereocenters. The van der Waals surface area contributed by atoms with Crippen LogP contribution in [0.3, 0.4) is 0 Å². The Morgan fingerprint density at radius 2 is 1.80 bits per heavy atom. The summed E-state index contributed by atoms with van der Waals surface area (Å²) in [4.78, 5) is 23.3. The highest BCUT2D eigenvalue weighted by molar-refractivity contribution is 5.96. The van der Waals surface area contributed by atoms with Crippen LogP contribution in [-0.4, -0.2) is 23.0 Å². The Kier molecular flexibility index (Phi) is 4.42. The van der Waals surface area contributed by atoms with Crippen LogP contribution in [-0.2, 0) is 17.6 Å². The number of fused-ring (bicyclic) bond motifs is 1. The van der Waals surface area contributed by atoms with E-state index in [1.54, 1.807) is 19.9 Å². The minimum Gasteiger partial charge on any atom is -0.480 e. The molecule has 4 heteroatoms. The van der Waals surface area contributed by atoms with Crippen molar-refractivity contribution in [1.82, 2.24) is 5.32 Å². The number of carbonyl (C=O) groups is 2. The molecule has 0 spiro atoms. The summed E-state index contributed by atoms with van der Waals surface area (Å²) >= 11 is 0. The molecule has 0 fully saturated rings. The van der Waals surface area contributed by atoms with Gasteiger partial charge in [0.1, 0.15) is 6.04 Å². The van der Waals surface area contributed by atoms with Crippen molar-refractivity contribution >= 4 is 11.9 Å². The number of rotatable bonds is 4. The smallest absolute Gasteiger partial charge is 0.326 e. The van der Waals surface area contributed by atoms with Crippen LogP contribution in [0.25, 0.3) is 0 Å². The zero-order chi connectivity index (χ0) is 14.7. The van der Waals surface area contributed by atoms with Gasteiger partial charge in [0.05, 0.1) is 0 Å². The monoisotopic (exact) mass is 275 g/mol. The van der Waals surface area contributed by atoms with Crippen LogP contribution in [0.1, 0.15) is 48.2 Å². The van der Waals surface area contributed by atoms with Crippen LogP contribution >= 0.6 is 0 Å². The molecule has 108 valence electrons. The van der Waals surface area contributed by atoms with Crippen molar-refractivity contribution in [1.29, 1.82) is 0 Å². The second-order valence-corrected chi connectivity index (χ2v) is 5.72. The van der Waals surface area contributed by atoms with Crippen LogP contribution in [0.5, 0.6) is 0 Å². The Balaban J connectivity index is 2.15. The van der Waals surface area contributed by atoms with E-state index in [1.165, 1.54) is 17.5 Å². The van der Waals surface area contributed by atoms with E-state index in [-0.39, 0.29) is 11.8 Å². The van der Waals surface area contributed by atoms with Gasteiger partial charge in [0.15, 0.2) is 0 Å². The van der Waals surface area contributed by atoms with Crippen molar-refractivity contribution in [3.8, 4) is 0 Å². The quantitative estimate of drug-likeness (QED) is 0.886. The average molecular weight is 275 g/mol. The first kappa shape index (κ1) is 14.6. The lowest BCUT2D eigenvalue weighted by molar-refractivity contribution is -0.140. The van der Waals surface area contributed by atoms with E-state index in [2.05, 4.69) is 5.32 Å². The van der Waals surface area contributed by atoms with E-state index >= 15 is 0 Å². The number of nitrogens with one attached hydrogen (secondary N) is 1. The number of carboxylic acids is 1. The molecule has 0 saturated carbocycles. The largest absolute Gasteiger partial charge is 0.480 e. The summed E-state index contributed by atoms with van der Waals surface area (Å²) in [5.74, 6) is -1.44. The fourth-order valence-electron chi connectivity index (χ4n) is 2.61. The van der Waals surface area contributed by atoms with Crippen molar-refractivity contribution in [3.63, 3.8) is 0 Å². The Labute approximate surface area is 119 Å². The van der Waals surface area contributed by atoms with E-state index in [0.717, 1.165) is 19.3 Å². The van der Waals surface area contributed by atoms with Crippen molar-refractivity contribution < 1.29 is 14.7 Å². The molecular weight excluding hydrogens is 254 g/mol. The Bertz CT molecular complexity index is 522. The van der Waals surface area contributed by atoms with Gasteiger partial charge in [-0.3, -0.25) is 4.79 Å². The summed E-state index contributed by atoms with van der Waals surface area (Å²) in [6, 6.07) is 4.84. The predicted molar refractivity (Wildman–Crippen MR) is 76.8 cm³/mol.